The highest BCUT2D eigenvalue weighted by Gasteiger charge is 2.33. The number of hydrogen-bond acceptors (Lipinski definition) is 3. The zero-order valence-corrected chi connectivity index (χ0v) is 11.8. The van der Waals surface area contributed by atoms with E-state index in [0.29, 0.717) is 18.7 Å². The van der Waals surface area contributed by atoms with Crippen LogP contribution in [0.4, 0.5) is 0 Å². The Morgan fingerprint density at radius 1 is 1.25 bits per heavy atom. The third-order valence-corrected chi connectivity index (χ3v) is 3.91. The number of rotatable bonds is 3. The third kappa shape index (κ3) is 3.17. The van der Waals surface area contributed by atoms with Crippen molar-refractivity contribution in [3.8, 4) is 0 Å². The topological polar surface area (TPSA) is 60.9 Å². The van der Waals surface area contributed by atoms with Crippen LogP contribution in [0.5, 0.6) is 0 Å². The molecule has 0 aliphatic carbocycles. The molecule has 5 heteroatoms. The van der Waals surface area contributed by atoms with Crippen LogP contribution in [-0.4, -0.2) is 59.0 Å². The molecular formula is C15H20N2O3. The van der Waals surface area contributed by atoms with Crippen molar-refractivity contribution >= 4 is 11.9 Å². The van der Waals surface area contributed by atoms with E-state index in [0.717, 1.165) is 0 Å². The second kappa shape index (κ2) is 6.05. The maximum Gasteiger partial charge on any atom is 0.305 e. The van der Waals surface area contributed by atoms with E-state index in [1.54, 1.807) is 17.0 Å². The molecule has 0 aromatic heterocycles. The van der Waals surface area contributed by atoms with Gasteiger partial charge < -0.3 is 10.0 Å². The fraction of sp³-hybridized carbons (Fsp3) is 0.467. The molecule has 1 fully saturated rings. The summed E-state index contributed by atoms with van der Waals surface area (Å²) in [6.07, 6.45) is 0.0550. The van der Waals surface area contributed by atoms with E-state index in [4.69, 9.17) is 5.11 Å². The number of amides is 1. The van der Waals surface area contributed by atoms with Crippen LogP contribution >= 0.6 is 0 Å². The second-order valence-electron chi connectivity index (χ2n) is 5.34. The van der Waals surface area contributed by atoms with Crippen molar-refractivity contribution in [2.75, 3.05) is 20.1 Å². The molecule has 1 N–H and O–H groups in total. The molecule has 1 amide bonds. The summed E-state index contributed by atoms with van der Waals surface area (Å²) in [5.74, 6) is -0.857. The van der Waals surface area contributed by atoms with Crippen molar-refractivity contribution < 1.29 is 14.7 Å². The summed E-state index contributed by atoms with van der Waals surface area (Å²) >= 11 is 0. The minimum absolute atomic E-state index is 0.0269. The number of carboxylic acids is 1. The van der Waals surface area contributed by atoms with Crippen molar-refractivity contribution in [3.63, 3.8) is 0 Å². The predicted molar refractivity (Wildman–Crippen MR) is 75.6 cm³/mol. The maximum absolute atomic E-state index is 12.4. The Balaban J connectivity index is 2.12. The number of likely N-dealkylation sites (N-methyl/N-ethyl adjacent to an activating group) is 1. The summed E-state index contributed by atoms with van der Waals surface area (Å²) < 4.78 is 0. The molecule has 0 radical (unpaired) electrons. The van der Waals surface area contributed by atoms with E-state index in [-0.39, 0.29) is 24.4 Å². The summed E-state index contributed by atoms with van der Waals surface area (Å²) in [7, 11) is 1.92. The fourth-order valence-electron chi connectivity index (χ4n) is 2.60. The highest BCUT2D eigenvalue weighted by atomic mass is 16.4. The number of benzene rings is 1. The summed E-state index contributed by atoms with van der Waals surface area (Å²) in [6.45, 7) is 3.10. The molecule has 0 spiro atoms. The number of nitrogens with zero attached hydrogens (tertiary/aromatic N) is 2. The SMILES string of the molecule is C[C@H]1CN(C(=O)c2ccccc2)C[C@H](CC(=O)O)N1C. The third-order valence-electron chi connectivity index (χ3n) is 3.91. The first-order chi connectivity index (χ1) is 9.49. The van der Waals surface area contributed by atoms with E-state index < -0.39 is 5.97 Å². The van der Waals surface area contributed by atoms with Gasteiger partial charge >= 0.3 is 5.97 Å². The molecule has 1 heterocycles. The zero-order chi connectivity index (χ0) is 14.7. The summed E-state index contributed by atoms with van der Waals surface area (Å²) in [5.41, 5.74) is 0.651. The Kier molecular flexibility index (Phi) is 4.39. The Bertz CT molecular complexity index is 489. The summed E-state index contributed by atoms with van der Waals surface area (Å²) in [4.78, 5) is 27.2. The largest absolute Gasteiger partial charge is 0.481 e. The average molecular weight is 276 g/mol. The normalized spacial score (nSPS) is 23.6. The summed E-state index contributed by atoms with van der Waals surface area (Å²) in [5, 5.41) is 8.98. The van der Waals surface area contributed by atoms with Gasteiger partial charge in [0.15, 0.2) is 0 Å². The van der Waals surface area contributed by atoms with Crippen LogP contribution in [0.3, 0.4) is 0 Å². The Morgan fingerprint density at radius 2 is 1.90 bits per heavy atom. The molecule has 5 nitrogen and oxygen atoms in total. The molecule has 20 heavy (non-hydrogen) atoms. The van der Waals surface area contributed by atoms with Crippen LogP contribution in [-0.2, 0) is 4.79 Å². The van der Waals surface area contributed by atoms with Gasteiger partial charge in [0.25, 0.3) is 5.91 Å². The van der Waals surface area contributed by atoms with Crippen molar-refractivity contribution in [1.29, 1.82) is 0 Å². The fourth-order valence-corrected chi connectivity index (χ4v) is 2.60. The lowest BCUT2D eigenvalue weighted by Gasteiger charge is -2.43. The second-order valence-corrected chi connectivity index (χ2v) is 5.34. The maximum atomic E-state index is 12.4. The Morgan fingerprint density at radius 3 is 2.50 bits per heavy atom. The molecule has 1 aliphatic rings. The molecule has 1 aromatic rings. The minimum atomic E-state index is -0.830. The van der Waals surface area contributed by atoms with Crippen LogP contribution in [0.2, 0.25) is 0 Å². The van der Waals surface area contributed by atoms with Crippen molar-refractivity contribution in [1.82, 2.24) is 9.80 Å². The molecule has 0 bridgehead atoms. The average Bonchev–Trinajstić information content (AvgIpc) is 2.43. The lowest BCUT2D eigenvalue weighted by molar-refractivity contribution is -0.139. The van der Waals surface area contributed by atoms with E-state index in [1.807, 2.05) is 37.1 Å². The summed E-state index contributed by atoms with van der Waals surface area (Å²) in [6, 6.07) is 9.14. The first-order valence-electron chi connectivity index (χ1n) is 6.77. The predicted octanol–water partition coefficient (Wildman–Crippen LogP) is 1.31. The molecule has 2 atom stereocenters. The molecule has 1 saturated heterocycles. The van der Waals surface area contributed by atoms with Crippen LogP contribution in [0.15, 0.2) is 30.3 Å². The van der Waals surface area contributed by atoms with Gasteiger partial charge in [-0.2, -0.15) is 0 Å². The highest BCUT2D eigenvalue weighted by Crippen LogP contribution is 2.18. The van der Waals surface area contributed by atoms with Gasteiger partial charge in [-0.1, -0.05) is 18.2 Å². The van der Waals surface area contributed by atoms with E-state index in [1.165, 1.54) is 0 Å². The van der Waals surface area contributed by atoms with Crippen molar-refractivity contribution in [2.45, 2.75) is 25.4 Å². The van der Waals surface area contributed by atoms with Crippen molar-refractivity contribution in [3.05, 3.63) is 35.9 Å². The van der Waals surface area contributed by atoms with Gasteiger partial charge in [-0.15, -0.1) is 0 Å². The first kappa shape index (κ1) is 14.5. The molecule has 108 valence electrons. The monoisotopic (exact) mass is 276 g/mol. The van der Waals surface area contributed by atoms with E-state index in [9.17, 15) is 9.59 Å². The molecule has 1 aliphatic heterocycles. The quantitative estimate of drug-likeness (QED) is 0.904. The zero-order valence-electron chi connectivity index (χ0n) is 11.8. The molecule has 0 unspecified atom stereocenters. The van der Waals surface area contributed by atoms with Gasteiger partial charge in [-0.25, -0.2) is 0 Å². The van der Waals surface area contributed by atoms with Gasteiger partial charge in [0.05, 0.1) is 6.42 Å². The number of carbonyl (C=O) groups excluding carboxylic acids is 1. The van der Waals surface area contributed by atoms with Gasteiger partial charge in [0, 0.05) is 30.7 Å². The van der Waals surface area contributed by atoms with E-state index in [2.05, 4.69) is 0 Å². The van der Waals surface area contributed by atoms with Gasteiger partial charge in [0.1, 0.15) is 0 Å². The van der Waals surface area contributed by atoms with Gasteiger partial charge in [-0.05, 0) is 26.1 Å². The standard InChI is InChI=1S/C15H20N2O3/c1-11-9-17(10-13(16(11)2)8-14(18)19)15(20)12-6-4-3-5-7-12/h3-7,11,13H,8-10H2,1-2H3,(H,18,19)/t11-,13-/m0/s1. The lowest BCUT2D eigenvalue weighted by Crippen LogP contribution is -2.58. The van der Waals surface area contributed by atoms with Crippen molar-refractivity contribution in [2.24, 2.45) is 0 Å². The minimum Gasteiger partial charge on any atom is -0.481 e. The lowest BCUT2D eigenvalue weighted by atomic mass is 10.0. The number of carboxylic acid groups (broad SMARTS) is 1. The number of aliphatic carboxylic acids is 1. The molecule has 2 rings (SSSR count). The van der Waals surface area contributed by atoms with Crippen LogP contribution in [0.25, 0.3) is 0 Å². The first-order valence-corrected chi connectivity index (χ1v) is 6.77. The van der Waals surface area contributed by atoms with Crippen LogP contribution in [0.1, 0.15) is 23.7 Å². The van der Waals surface area contributed by atoms with Gasteiger partial charge in [0.2, 0.25) is 0 Å². The van der Waals surface area contributed by atoms with Crippen LogP contribution in [0, 0.1) is 0 Å². The smallest absolute Gasteiger partial charge is 0.305 e. The Labute approximate surface area is 118 Å². The molecule has 1 aromatic carbocycles. The molecular weight excluding hydrogens is 256 g/mol. The van der Waals surface area contributed by atoms with Crippen LogP contribution < -0.4 is 0 Å². The molecule has 0 saturated carbocycles. The van der Waals surface area contributed by atoms with E-state index >= 15 is 0 Å². The number of carbonyl (C=O) groups is 2. The number of hydrogen-bond donors (Lipinski definition) is 1. The number of piperazine rings is 1. The highest BCUT2D eigenvalue weighted by molar-refractivity contribution is 5.94. The van der Waals surface area contributed by atoms with Gasteiger partial charge in [-0.3, -0.25) is 14.5 Å². The Hall–Kier alpha value is -1.88.